The van der Waals surface area contributed by atoms with Gasteiger partial charge in [0.15, 0.2) is 0 Å². The molecule has 0 aromatic carbocycles. The molecule has 1 N–H and O–H groups in total. The van der Waals surface area contributed by atoms with Crippen LogP contribution in [0.1, 0.15) is 12.6 Å². The summed E-state index contributed by atoms with van der Waals surface area (Å²) in [7, 11) is 0. The molecule has 0 aliphatic carbocycles. The minimum Gasteiger partial charge on any atom is -0.359 e. The van der Waals surface area contributed by atoms with E-state index in [9.17, 15) is 0 Å². The van der Waals surface area contributed by atoms with Crippen molar-refractivity contribution in [2.24, 2.45) is 0 Å². The molecule has 1 rings (SSSR count). The third-order valence-corrected chi connectivity index (χ3v) is 1.77. The number of aryl methyl sites for hydroxylation is 1. The number of hydrogen-bond donors (Lipinski definition) is 1. The largest absolute Gasteiger partial charge is 0.359 e. The van der Waals surface area contributed by atoms with Crippen molar-refractivity contribution < 1.29 is 0 Å². The van der Waals surface area contributed by atoms with Gasteiger partial charge in [-0.1, -0.05) is 30.9 Å². The van der Waals surface area contributed by atoms with Crippen LogP contribution in [0.4, 0.5) is 0 Å². The monoisotopic (exact) mass is 173 g/mol. The lowest BCUT2D eigenvalue weighted by Gasteiger charge is -1.77. The fraction of sp³-hybridized carbons (Fsp3) is 0.167. The number of H-pyrrole nitrogens is 1. The van der Waals surface area contributed by atoms with Gasteiger partial charge in [0.2, 0.25) is 0 Å². The van der Waals surface area contributed by atoms with E-state index in [-0.39, 0.29) is 0 Å². The molecule has 0 saturated heterocycles. The number of aromatic amines is 1. The van der Waals surface area contributed by atoms with Crippen LogP contribution in [0.5, 0.6) is 0 Å². The van der Waals surface area contributed by atoms with Crippen LogP contribution in [0.15, 0.2) is 30.9 Å². The quantitative estimate of drug-likeness (QED) is 0.700. The van der Waals surface area contributed by atoms with Crippen molar-refractivity contribution in [3.8, 4) is 0 Å². The number of rotatable bonds is 2. The maximum absolute atomic E-state index is 3.68. The molecule has 0 spiro atoms. The molecule has 1 heteroatoms. The molecule has 13 heavy (non-hydrogen) atoms. The number of hydrogen-bond acceptors (Lipinski definition) is 0. The van der Waals surface area contributed by atoms with Gasteiger partial charge in [-0.25, -0.2) is 0 Å². The van der Waals surface area contributed by atoms with Crippen LogP contribution in [0.2, 0.25) is 0 Å². The van der Waals surface area contributed by atoms with Gasteiger partial charge in [0, 0.05) is 11.0 Å². The van der Waals surface area contributed by atoms with E-state index in [0.717, 1.165) is 5.35 Å². The molecule has 1 aromatic heterocycles. The summed E-state index contributed by atoms with van der Waals surface area (Å²) in [5, 5.41) is 2.32. The summed E-state index contributed by atoms with van der Waals surface area (Å²) >= 11 is 0. The summed E-state index contributed by atoms with van der Waals surface area (Å²) in [4.78, 5) is 3.26. The van der Waals surface area contributed by atoms with Gasteiger partial charge in [0.25, 0.3) is 0 Å². The Hall–Kier alpha value is -1.50. The van der Waals surface area contributed by atoms with Crippen molar-refractivity contribution in [2.75, 3.05) is 0 Å². The van der Waals surface area contributed by atoms with Crippen LogP contribution in [-0.4, -0.2) is 4.98 Å². The Labute approximate surface area is 78.8 Å². The topological polar surface area (TPSA) is 15.8 Å². The molecule has 0 saturated carbocycles. The van der Waals surface area contributed by atoms with E-state index in [1.165, 1.54) is 10.9 Å². The van der Waals surface area contributed by atoms with Gasteiger partial charge >= 0.3 is 0 Å². The van der Waals surface area contributed by atoms with Crippen LogP contribution < -0.4 is 10.6 Å². The maximum atomic E-state index is 3.68. The normalized spacial score (nSPS) is 14.3. The Morgan fingerprint density at radius 1 is 1.38 bits per heavy atom. The molecule has 0 unspecified atom stereocenters. The second-order valence-electron chi connectivity index (χ2n) is 2.92. The van der Waals surface area contributed by atoms with E-state index in [4.69, 9.17) is 0 Å². The molecular formula is C12H15N. The average Bonchev–Trinajstić information content (AvgIpc) is 2.44. The van der Waals surface area contributed by atoms with Crippen molar-refractivity contribution in [2.45, 2.75) is 13.8 Å². The molecule has 0 radical (unpaired) electrons. The molecular weight excluding hydrogens is 158 g/mol. The molecule has 0 bridgehead atoms. The highest BCUT2D eigenvalue weighted by Gasteiger charge is 1.87. The lowest BCUT2D eigenvalue weighted by molar-refractivity contribution is 1.22. The Balaban J connectivity index is 3.35. The molecule has 1 heterocycles. The fourth-order valence-electron chi connectivity index (χ4n) is 1.23. The summed E-state index contributed by atoms with van der Waals surface area (Å²) in [6.07, 6.45) is 9.89. The molecule has 0 amide bonds. The van der Waals surface area contributed by atoms with E-state index >= 15 is 0 Å². The first-order valence-corrected chi connectivity index (χ1v) is 4.39. The molecule has 0 aliphatic rings. The van der Waals surface area contributed by atoms with Crippen LogP contribution in [-0.2, 0) is 0 Å². The van der Waals surface area contributed by atoms with Crippen LogP contribution in [0.3, 0.4) is 0 Å². The second kappa shape index (κ2) is 4.51. The summed E-state index contributed by atoms with van der Waals surface area (Å²) < 4.78 is 0. The van der Waals surface area contributed by atoms with E-state index in [2.05, 4.69) is 23.7 Å². The second-order valence-corrected chi connectivity index (χ2v) is 2.92. The molecule has 0 aliphatic heterocycles. The van der Waals surface area contributed by atoms with Crippen LogP contribution in [0, 0.1) is 6.92 Å². The van der Waals surface area contributed by atoms with E-state index in [1.54, 1.807) is 6.08 Å². The smallest absolute Gasteiger partial charge is 0.0455 e. The van der Waals surface area contributed by atoms with E-state index < -0.39 is 0 Å². The van der Waals surface area contributed by atoms with Gasteiger partial charge < -0.3 is 4.98 Å². The minimum absolute atomic E-state index is 1.12. The SMILES string of the molecule is C=C/C=c1/[nH]c(C)c/c1=C/C=C\C. The van der Waals surface area contributed by atoms with Crippen molar-refractivity contribution >= 4 is 12.2 Å². The Bertz CT molecular complexity index is 418. The first-order valence-electron chi connectivity index (χ1n) is 4.39. The minimum atomic E-state index is 1.12. The Morgan fingerprint density at radius 2 is 2.15 bits per heavy atom. The van der Waals surface area contributed by atoms with E-state index in [0.29, 0.717) is 0 Å². The number of allylic oxidation sites excluding steroid dienone is 3. The molecule has 68 valence electrons. The van der Waals surface area contributed by atoms with E-state index in [1.807, 2.05) is 32.1 Å². The lowest BCUT2D eigenvalue weighted by atomic mass is 10.3. The Morgan fingerprint density at radius 3 is 2.77 bits per heavy atom. The highest BCUT2D eigenvalue weighted by Crippen LogP contribution is 1.80. The zero-order chi connectivity index (χ0) is 9.68. The highest BCUT2D eigenvalue weighted by molar-refractivity contribution is 5.41. The third-order valence-electron chi connectivity index (χ3n) is 1.77. The standard InChI is InChI=1S/C12H15N/c1-4-6-8-11-9-10(3)13-12(11)7-5-2/h4-9,13H,2H2,1,3H3/b6-4-,11-8-,12-7+. The molecule has 0 atom stereocenters. The fourth-order valence-corrected chi connectivity index (χ4v) is 1.23. The van der Waals surface area contributed by atoms with Crippen molar-refractivity contribution in [3.63, 3.8) is 0 Å². The van der Waals surface area contributed by atoms with Crippen molar-refractivity contribution in [3.05, 3.63) is 47.1 Å². The van der Waals surface area contributed by atoms with Gasteiger partial charge in [-0.3, -0.25) is 0 Å². The Kier molecular flexibility index (Phi) is 3.32. The summed E-state index contributed by atoms with van der Waals surface area (Å²) in [5.41, 5.74) is 1.17. The van der Waals surface area contributed by atoms with Crippen molar-refractivity contribution in [1.82, 2.24) is 4.98 Å². The first-order chi connectivity index (χ1) is 6.27. The highest BCUT2D eigenvalue weighted by atomic mass is 14.7. The predicted octanol–water partition coefficient (Wildman–Crippen LogP) is 1.65. The van der Waals surface area contributed by atoms with Gasteiger partial charge in [0.1, 0.15) is 0 Å². The van der Waals surface area contributed by atoms with Gasteiger partial charge in [-0.15, -0.1) is 0 Å². The van der Waals surface area contributed by atoms with Crippen LogP contribution in [0.25, 0.3) is 12.2 Å². The van der Waals surface area contributed by atoms with Gasteiger partial charge in [-0.05, 0) is 31.2 Å². The van der Waals surface area contributed by atoms with Crippen LogP contribution >= 0.6 is 0 Å². The summed E-state index contributed by atoms with van der Waals surface area (Å²) in [6.45, 7) is 7.74. The maximum Gasteiger partial charge on any atom is 0.0455 e. The summed E-state index contributed by atoms with van der Waals surface area (Å²) in [6, 6.07) is 2.12. The number of nitrogens with one attached hydrogen (secondary N) is 1. The average molecular weight is 173 g/mol. The van der Waals surface area contributed by atoms with Gasteiger partial charge in [-0.2, -0.15) is 0 Å². The zero-order valence-electron chi connectivity index (χ0n) is 8.17. The summed E-state index contributed by atoms with van der Waals surface area (Å²) in [5.74, 6) is 0. The first kappa shape index (κ1) is 9.59. The predicted molar refractivity (Wildman–Crippen MR) is 58.7 cm³/mol. The molecule has 1 aromatic rings. The lowest BCUT2D eigenvalue weighted by Crippen LogP contribution is -2.21. The third kappa shape index (κ3) is 2.48. The molecule has 0 fully saturated rings. The number of aromatic nitrogens is 1. The molecule has 1 nitrogen and oxygen atoms in total. The van der Waals surface area contributed by atoms with Crippen molar-refractivity contribution in [1.29, 1.82) is 0 Å². The van der Waals surface area contributed by atoms with Gasteiger partial charge in [0.05, 0.1) is 0 Å². The zero-order valence-corrected chi connectivity index (χ0v) is 8.17.